The fourth-order valence-corrected chi connectivity index (χ4v) is 4.13. The van der Waals surface area contributed by atoms with Crippen molar-refractivity contribution in [2.45, 2.75) is 57.3 Å². The molecule has 2 atom stereocenters. The molecule has 31 heavy (non-hydrogen) atoms. The number of rotatable bonds is 12. The van der Waals surface area contributed by atoms with Crippen LogP contribution in [-0.2, 0) is 22.4 Å². The van der Waals surface area contributed by atoms with Crippen molar-refractivity contribution in [1.82, 2.24) is 10.3 Å². The third-order valence-corrected chi connectivity index (χ3v) is 6.15. The van der Waals surface area contributed by atoms with Crippen LogP contribution in [0.2, 0.25) is 0 Å². The van der Waals surface area contributed by atoms with Crippen molar-refractivity contribution in [2.24, 2.45) is 0 Å². The first-order valence-corrected chi connectivity index (χ1v) is 11.8. The van der Waals surface area contributed by atoms with Gasteiger partial charge in [-0.25, -0.2) is 0 Å². The number of carbonyl (C=O) groups is 2. The van der Waals surface area contributed by atoms with E-state index in [9.17, 15) is 9.59 Å². The molecule has 6 nitrogen and oxygen atoms in total. The van der Waals surface area contributed by atoms with Crippen LogP contribution in [0.3, 0.4) is 0 Å². The number of unbranched alkanes of at least 4 members (excludes halogenated alkanes) is 2. The van der Waals surface area contributed by atoms with Crippen molar-refractivity contribution in [1.29, 1.82) is 0 Å². The molecule has 2 unspecified atom stereocenters. The normalized spacial score (nSPS) is 16.9. The first-order valence-electron chi connectivity index (χ1n) is 10.9. The van der Waals surface area contributed by atoms with E-state index in [0.717, 1.165) is 54.5 Å². The number of nitrogens with one attached hydrogen (secondary N) is 1. The van der Waals surface area contributed by atoms with Crippen LogP contribution < -0.4 is 10.1 Å². The van der Waals surface area contributed by atoms with E-state index in [1.807, 2.05) is 36.5 Å². The molecular formula is C24H30N2O4S. The third-order valence-electron chi connectivity index (χ3n) is 5.17. The largest absolute Gasteiger partial charge is 0.490 e. The Bertz CT molecular complexity index is 855. The van der Waals surface area contributed by atoms with Crippen LogP contribution in [0.4, 0.5) is 4.79 Å². The number of carbonyl (C=O) groups excluding carboxylic acids is 2. The van der Waals surface area contributed by atoms with Gasteiger partial charge in [-0.05, 0) is 48.6 Å². The number of nitrogens with zero attached hydrogens (tertiary/aromatic N) is 1. The summed E-state index contributed by atoms with van der Waals surface area (Å²) in [5, 5.41) is 1.68. The second-order valence-electron chi connectivity index (χ2n) is 7.55. The Labute approximate surface area is 188 Å². The Morgan fingerprint density at radius 1 is 1.06 bits per heavy atom. The molecule has 166 valence electrons. The van der Waals surface area contributed by atoms with Crippen molar-refractivity contribution in [3.63, 3.8) is 0 Å². The number of aromatic nitrogens is 1. The molecule has 1 fully saturated rings. The van der Waals surface area contributed by atoms with E-state index in [2.05, 4.69) is 30.2 Å². The highest BCUT2D eigenvalue weighted by Gasteiger charge is 2.31. The van der Waals surface area contributed by atoms with E-state index < -0.39 is 0 Å². The highest BCUT2D eigenvalue weighted by molar-refractivity contribution is 8.15. The summed E-state index contributed by atoms with van der Waals surface area (Å²) < 4.78 is 12.1. The smallest absolute Gasteiger partial charge is 0.286 e. The first kappa shape index (κ1) is 23.3. The molecule has 1 aromatic heterocycles. The maximum Gasteiger partial charge on any atom is 0.286 e. The minimum absolute atomic E-state index is 0.222. The molecule has 0 radical (unpaired) electrons. The monoisotopic (exact) mass is 442 g/mol. The minimum Gasteiger partial charge on any atom is -0.490 e. The molecule has 2 aromatic rings. The van der Waals surface area contributed by atoms with Gasteiger partial charge < -0.3 is 9.47 Å². The van der Waals surface area contributed by atoms with Gasteiger partial charge >= 0.3 is 0 Å². The topological polar surface area (TPSA) is 77.5 Å². The summed E-state index contributed by atoms with van der Waals surface area (Å²) in [4.78, 5) is 27.6. The molecule has 3 rings (SSSR count). The van der Waals surface area contributed by atoms with Crippen molar-refractivity contribution >= 4 is 22.9 Å². The zero-order chi connectivity index (χ0) is 22.1. The van der Waals surface area contributed by atoms with E-state index in [1.165, 1.54) is 5.56 Å². The Morgan fingerprint density at radius 2 is 1.84 bits per heavy atom. The zero-order valence-electron chi connectivity index (χ0n) is 18.1. The molecule has 1 saturated heterocycles. The van der Waals surface area contributed by atoms with Crippen LogP contribution in [0.15, 0.2) is 42.6 Å². The molecule has 2 amide bonds. The van der Waals surface area contributed by atoms with Gasteiger partial charge in [0.05, 0.1) is 10.9 Å². The van der Waals surface area contributed by atoms with Crippen molar-refractivity contribution in [2.75, 3.05) is 13.2 Å². The summed E-state index contributed by atoms with van der Waals surface area (Å²) in [6.07, 6.45) is 6.44. The fraction of sp³-hybridized carbons (Fsp3) is 0.458. The van der Waals surface area contributed by atoms with Crippen molar-refractivity contribution < 1.29 is 19.1 Å². The van der Waals surface area contributed by atoms with E-state index in [4.69, 9.17) is 9.47 Å². The van der Waals surface area contributed by atoms with E-state index in [1.54, 1.807) is 0 Å². The van der Waals surface area contributed by atoms with Crippen LogP contribution in [-0.4, -0.2) is 34.6 Å². The van der Waals surface area contributed by atoms with Gasteiger partial charge in [0.2, 0.25) is 5.91 Å². The number of hydrogen-bond donors (Lipinski definition) is 1. The maximum atomic E-state index is 11.7. The predicted octanol–water partition coefficient (Wildman–Crippen LogP) is 4.87. The minimum atomic E-state index is -0.364. The fourth-order valence-electron chi connectivity index (χ4n) is 3.27. The lowest BCUT2D eigenvalue weighted by Gasteiger charge is -2.19. The second kappa shape index (κ2) is 11.9. The molecule has 0 aliphatic carbocycles. The Hall–Kier alpha value is -2.38. The zero-order valence-corrected chi connectivity index (χ0v) is 19.0. The average Bonchev–Trinajstić information content (AvgIpc) is 3.11. The molecule has 1 aliphatic heterocycles. The number of aryl methyl sites for hydroxylation is 1. The molecule has 0 bridgehead atoms. The van der Waals surface area contributed by atoms with Gasteiger partial charge in [0.25, 0.3) is 5.24 Å². The van der Waals surface area contributed by atoms with Gasteiger partial charge in [-0.1, -0.05) is 56.7 Å². The van der Waals surface area contributed by atoms with E-state index in [-0.39, 0.29) is 22.5 Å². The Morgan fingerprint density at radius 3 is 2.45 bits per heavy atom. The number of pyridine rings is 1. The highest BCUT2D eigenvalue weighted by Crippen LogP contribution is 2.25. The predicted molar refractivity (Wildman–Crippen MR) is 122 cm³/mol. The van der Waals surface area contributed by atoms with Crippen LogP contribution in [0.1, 0.15) is 56.0 Å². The standard InChI is InChI=1S/C24H30N2O4S/c1-3-5-6-13-29-21(20-12-9-17(4-2)15-25-20)16-30-19-10-7-18(8-11-19)14-22-23(27)26-24(28)31-22/h7-12,15,21-22H,3-6,13-14,16H2,1-2H3,(H,26,27,28). The number of imide groups is 1. The lowest BCUT2D eigenvalue weighted by Crippen LogP contribution is -2.25. The van der Waals surface area contributed by atoms with Gasteiger partial charge in [0.15, 0.2) is 0 Å². The summed E-state index contributed by atoms with van der Waals surface area (Å²) in [6, 6.07) is 11.7. The lowest BCUT2D eigenvalue weighted by atomic mass is 10.1. The summed E-state index contributed by atoms with van der Waals surface area (Å²) in [6.45, 7) is 5.33. The summed E-state index contributed by atoms with van der Waals surface area (Å²) in [7, 11) is 0. The van der Waals surface area contributed by atoms with Crippen LogP contribution in [0.25, 0.3) is 0 Å². The average molecular weight is 443 g/mol. The highest BCUT2D eigenvalue weighted by atomic mass is 32.2. The van der Waals surface area contributed by atoms with Gasteiger partial charge in [0, 0.05) is 12.8 Å². The molecular weight excluding hydrogens is 412 g/mol. The quantitative estimate of drug-likeness (QED) is 0.473. The Kier molecular flexibility index (Phi) is 8.91. The van der Waals surface area contributed by atoms with Gasteiger partial charge in [-0.15, -0.1) is 0 Å². The summed E-state index contributed by atoms with van der Waals surface area (Å²) in [5.74, 6) is 0.510. The SMILES string of the molecule is CCCCCOC(COc1ccc(CC2SC(=O)NC2=O)cc1)c1ccc(CC)cn1. The first-order chi connectivity index (χ1) is 15.1. The molecule has 0 saturated carbocycles. The molecule has 7 heteroatoms. The van der Waals surface area contributed by atoms with E-state index >= 15 is 0 Å². The lowest BCUT2D eigenvalue weighted by molar-refractivity contribution is -0.118. The maximum absolute atomic E-state index is 11.7. The number of thioether (sulfide) groups is 1. The third kappa shape index (κ3) is 7.08. The van der Waals surface area contributed by atoms with Crippen LogP contribution in [0, 0.1) is 0 Å². The van der Waals surface area contributed by atoms with Crippen molar-refractivity contribution in [3.8, 4) is 5.75 Å². The van der Waals surface area contributed by atoms with Gasteiger partial charge in [-0.3, -0.25) is 19.9 Å². The molecule has 1 aliphatic rings. The number of ether oxygens (including phenoxy) is 2. The van der Waals surface area contributed by atoms with Crippen LogP contribution >= 0.6 is 11.8 Å². The van der Waals surface area contributed by atoms with Crippen molar-refractivity contribution in [3.05, 3.63) is 59.4 Å². The Balaban J connectivity index is 1.57. The molecule has 1 aromatic carbocycles. The summed E-state index contributed by atoms with van der Waals surface area (Å²) in [5.41, 5.74) is 3.05. The molecule has 1 N–H and O–H groups in total. The number of hydrogen-bond acceptors (Lipinski definition) is 6. The molecule has 2 heterocycles. The van der Waals surface area contributed by atoms with Gasteiger partial charge in [-0.2, -0.15) is 0 Å². The van der Waals surface area contributed by atoms with Gasteiger partial charge in [0.1, 0.15) is 18.5 Å². The second-order valence-corrected chi connectivity index (χ2v) is 8.73. The van der Waals surface area contributed by atoms with Crippen LogP contribution in [0.5, 0.6) is 5.75 Å². The van der Waals surface area contributed by atoms with E-state index in [0.29, 0.717) is 19.6 Å². The number of amides is 2. The molecule has 0 spiro atoms. The summed E-state index contributed by atoms with van der Waals surface area (Å²) >= 11 is 1.04. The number of benzene rings is 1.